The fourth-order valence-electron chi connectivity index (χ4n) is 2.86. The number of amides is 1. The molecule has 32 heavy (non-hydrogen) atoms. The van der Waals surface area contributed by atoms with Gasteiger partial charge in [-0.1, -0.05) is 29.8 Å². The molecule has 0 aliphatic carbocycles. The van der Waals surface area contributed by atoms with Gasteiger partial charge in [0.25, 0.3) is 15.9 Å². The van der Waals surface area contributed by atoms with Crippen molar-refractivity contribution in [1.82, 2.24) is 5.32 Å². The summed E-state index contributed by atoms with van der Waals surface area (Å²) < 4.78 is 40.3. The van der Waals surface area contributed by atoms with E-state index in [9.17, 15) is 17.6 Å². The van der Waals surface area contributed by atoms with E-state index >= 15 is 0 Å². The van der Waals surface area contributed by atoms with Crippen LogP contribution >= 0.6 is 23.4 Å². The summed E-state index contributed by atoms with van der Waals surface area (Å²) in [5, 5.41) is 3.26. The lowest BCUT2D eigenvalue weighted by Gasteiger charge is -2.19. The van der Waals surface area contributed by atoms with Crippen molar-refractivity contribution >= 4 is 45.0 Å². The van der Waals surface area contributed by atoms with Crippen LogP contribution in [0.5, 0.6) is 0 Å². The molecule has 0 atom stereocenters. The molecule has 5 nitrogen and oxygen atoms in total. The Morgan fingerprint density at radius 2 is 1.69 bits per heavy atom. The number of rotatable bonds is 9. The molecular weight excluding hydrogens is 471 g/mol. The van der Waals surface area contributed by atoms with Crippen LogP contribution in [-0.4, -0.2) is 33.7 Å². The highest BCUT2D eigenvalue weighted by Crippen LogP contribution is 2.23. The first-order valence-corrected chi connectivity index (χ1v) is 12.7. The summed E-state index contributed by atoms with van der Waals surface area (Å²) in [6, 6.07) is 18.9. The lowest BCUT2D eigenvalue weighted by Crippen LogP contribution is -2.27. The number of sulfonamides is 1. The van der Waals surface area contributed by atoms with Crippen molar-refractivity contribution < 1.29 is 17.6 Å². The molecule has 0 fully saturated rings. The third-order valence-electron chi connectivity index (χ3n) is 4.71. The highest BCUT2D eigenvalue weighted by Gasteiger charge is 2.21. The van der Waals surface area contributed by atoms with Gasteiger partial charge in [0.15, 0.2) is 0 Å². The molecule has 9 heteroatoms. The number of hydrogen-bond acceptors (Lipinski definition) is 4. The molecule has 0 aliphatic rings. The van der Waals surface area contributed by atoms with E-state index in [1.165, 1.54) is 49.1 Å². The maximum atomic E-state index is 13.6. The predicted molar refractivity (Wildman–Crippen MR) is 128 cm³/mol. The minimum atomic E-state index is -3.74. The number of nitrogens with one attached hydrogen (secondary N) is 1. The Balaban J connectivity index is 1.52. The number of hydrogen-bond donors (Lipinski definition) is 1. The third-order valence-corrected chi connectivity index (χ3v) is 7.77. The summed E-state index contributed by atoms with van der Waals surface area (Å²) in [5.41, 5.74) is 1.49. The van der Waals surface area contributed by atoms with Gasteiger partial charge in [-0.25, -0.2) is 12.8 Å². The van der Waals surface area contributed by atoms with Crippen LogP contribution in [0, 0.1) is 5.82 Å². The molecule has 0 aliphatic heterocycles. The topological polar surface area (TPSA) is 66.5 Å². The quantitative estimate of drug-likeness (QED) is 0.428. The molecule has 3 rings (SSSR count). The summed E-state index contributed by atoms with van der Waals surface area (Å²) in [7, 11) is -2.29. The van der Waals surface area contributed by atoms with Crippen LogP contribution < -0.4 is 9.62 Å². The van der Waals surface area contributed by atoms with E-state index in [2.05, 4.69) is 5.32 Å². The highest BCUT2D eigenvalue weighted by atomic mass is 35.5. The Bertz CT molecular complexity index is 1170. The lowest BCUT2D eigenvalue weighted by atomic mass is 10.2. The van der Waals surface area contributed by atoms with Crippen molar-refractivity contribution in [2.45, 2.75) is 10.6 Å². The zero-order chi connectivity index (χ0) is 23.1. The third kappa shape index (κ3) is 6.03. The number of thioether (sulfide) groups is 1. The zero-order valence-electron chi connectivity index (χ0n) is 17.3. The molecule has 3 aromatic carbocycles. The number of carbonyl (C=O) groups excluding carboxylic acids is 1. The summed E-state index contributed by atoms with van der Waals surface area (Å²) in [4.78, 5) is 12.5. The number of nitrogens with zero attached hydrogens (tertiary/aromatic N) is 1. The Kier molecular flexibility index (Phi) is 8.17. The standard InChI is InChI=1S/C23H22ClFN2O3S2/c1-27(32(29,30)21-12-8-19(24)9-13-21)20-10-6-17(7-11-20)23(28)26-14-15-31-16-18-4-2-3-5-22(18)25/h2-13H,14-16H2,1H3,(H,26,28). The van der Waals surface area contributed by atoms with Crippen molar-refractivity contribution in [3.8, 4) is 0 Å². The van der Waals surface area contributed by atoms with Gasteiger partial charge >= 0.3 is 0 Å². The number of benzene rings is 3. The van der Waals surface area contributed by atoms with Crippen LogP contribution in [0.4, 0.5) is 10.1 Å². The van der Waals surface area contributed by atoms with Crippen molar-refractivity contribution in [3.63, 3.8) is 0 Å². The molecular formula is C23H22ClFN2O3S2. The molecule has 0 bridgehead atoms. The molecule has 0 spiro atoms. The Hall–Kier alpha value is -2.55. The summed E-state index contributed by atoms with van der Waals surface area (Å²) >= 11 is 7.36. The van der Waals surface area contributed by atoms with Crippen LogP contribution in [0.2, 0.25) is 5.02 Å². The zero-order valence-corrected chi connectivity index (χ0v) is 19.7. The Morgan fingerprint density at radius 1 is 1.03 bits per heavy atom. The molecule has 0 aromatic heterocycles. The molecule has 0 unspecified atom stereocenters. The molecule has 0 saturated heterocycles. The van der Waals surface area contributed by atoms with Crippen molar-refractivity contribution in [2.75, 3.05) is 23.7 Å². The molecule has 168 valence electrons. The largest absolute Gasteiger partial charge is 0.351 e. The lowest BCUT2D eigenvalue weighted by molar-refractivity contribution is 0.0956. The van der Waals surface area contributed by atoms with E-state index < -0.39 is 10.0 Å². The smallest absolute Gasteiger partial charge is 0.264 e. The van der Waals surface area contributed by atoms with Crippen LogP contribution in [0.3, 0.4) is 0 Å². The summed E-state index contributed by atoms with van der Waals surface area (Å²) in [6.07, 6.45) is 0. The van der Waals surface area contributed by atoms with Gasteiger partial charge in [-0.2, -0.15) is 11.8 Å². The van der Waals surface area contributed by atoms with Gasteiger partial charge in [0.05, 0.1) is 10.6 Å². The second-order valence-corrected chi connectivity index (χ2v) is 10.4. The average Bonchev–Trinajstić information content (AvgIpc) is 2.79. The summed E-state index contributed by atoms with van der Waals surface area (Å²) in [6.45, 7) is 0.435. The van der Waals surface area contributed by atoms with Gasteiger partial charge in [0, 0.05) is 35.7 Å². The number of carbonyl (C=O) groups is 1. The monoisotopic (exact) mass is 492 g/mol. The second-order valence-electron chi connectivity index (χ2n) is 6.87. The first-order valence-electron chi connectivity index (χ1n) is 9.73. The second kappa shape index (κ2) is 10.8. The van der Waals surface area contributed by atoms with E-state index in [1.54, 1.807) is 42.5 Å². The molecule has 1 amide bonds. The van der Waals surface area contributed by atoms with Crippen molar-refractivity contribution in [3.05, 3.63) is 94.8 Å². The van der Waals surface area contributed by atoms with Gasteiger partial charge in [0.2, 0.25) is 0 Å². The van der Waals surface area contributed by atoms with Gasteiger partial charge in [-0.3, -0.25) is 9.10 Å². The maximum Gasteiger partial charge on any atom is 0.264 e. The van der Waals surface area contributed by atoms with Gasteiger partial charge in [-0.05, 0) is 60.2 Å². The maximum absolute atomic E-state index is 13.6. The van der Waals surface area contributed by atoms with Gasteiger partial charge < -0.3 is 5.32 Å². The van der Waals surface area contributed by atoms with E-state index in [-0.39, 0.29) is 16.6 Å². The number of anilines is 1. The molecule has 0 radical (unpaired) electrons. The van der Waals surface area contributed by atoms with E-state index in [4.69, 9.17) is 11.6 Å². The molecule has 0 saturated carbocycles. The fourth-order valence-corrected chi connectivity index (χ4v) is 5.03. The molecule has 1 N–H and O–H groups in total. The van der Waals surface area contributed by atoms with Crippen LogP contribution in [-0.2, 0) is 15.8 Å². The van der Waals surface area contributed by atoms with E-state index in [0.29, 0.717) is 39.9 Å². The Morgan fingerprint density at radius 3 is 2.34 bits per heavy atom. The van der Waals surface area contributed by atoms with Crippen LogP contribution in [0.1, 0.15) is 15.9 Å². The van der Waals surface area contributed by atoms with Crippen molar-refractivity contribution in [1.29, 1.82) is 0 Å². The predicted octanol–water partition coefficient (Wildman–Crippen LogP) is 4.97. The van der Waals surface area contributed by atoms with E-state index in [1.807, 2.05) is 0 Å². The SMILES string of the molecule is CN(c1ccc(C(=O)NCCSCc2ccccc2F)cc1)S(=O)(=O)c1ccc(Cl)cc1. The van der Waals surface area contributed by atoms with Crippen molar-refractivity contribution in [2.24, 2.45) is 0 Å². The van der Waals surface area contributed by atoms with Crippen LogP contribution in [0.25, 0.3) is 0 Å². The van der Waals surface area contributed by atoms with Gasteiger partial charge in [-0.15, -0.1) is 0 Å². The summed E-state index contributed by atoms with van der Waals surface area (Å²) in [5.74, 6) is 0.685. The van der Waals surface area contributed by atoms with Gasteiger partial charge in [0.1, 0.15) is 5.82 Å². The minimum Gasteiger partial charge on any atom is -0.351 e. The van der Waals surface area contributed by atoms with E-state index in [0.717, 1.165) is 4.31 Å². The Labute approximate surface area is 196 Å². The van der Waals surface area contributed by atoms with Crippen LogP contribution in [0.15, 0.2) is 77.7 Å². The normalized spacial score (nSPS) is 11.2. The molecule has 0 heterocycles. The first-order chi connectivity index (χ1) is 15.3. The first kappa shape index (κ1) is 24.1. The highest BCUT2D eigenvalue weighted by molar-refractivity contribution is 7.98. The fraction of sp³-hybridized carbons (Fsp3) is 0.174. The average molecular weight is 493 g/mol. The molecule has 3 aromatic rings. The minimum absolute atomic E-state index is 0.124. The number of halogens is 2.